The molecule has 0 bridgehead atoms. The minimum absolute atomic E-state index is 0.0683. The summed E-state index contributed by atoms with van der Waals surface area (Å²) in [4.78, 5) is 0. The predicted molar refractivity (Wildman–Crippen MR) is 333 cm³/mol. The summed E-state index contributed by atoms with van der Waals surface area (Å²) >= 11 is 3.29. The van der Waals surface area contributed by atoms with Crippen LogP contribution in [0.4, 0.5) is 0 Å². The lowest BCUT2D eigenvalue weighted by molar-refractivity contribution is 0.425. The molecule has 16 rings (SSSR count). The molecule has 14 aromatic carbocycles. The molecular formula is C72H46BBrO4. The van der Waals surface area contributed by atoms with Gasteiger partial charge in [0.05, 0.1) is 60.3 Å². The van der Waals surface area contributed by atoms with E-state index in [4.69, 9.17) is 60.9 Å². The number of hydrogen-bond donors (Lipinski definition) is 2. The summed E-state index contributed by atoms with van der Waals surface area (Å²) in [6, 6.07) is -31.8. The van der Waals surface area contributed by atoms with Crippen LogP contribution in [0.1, 0.15) is 60.3 Å². The van der Waals surface area contributed by atoms with Crippen LogP contribution in [0.3, 0.4) is 0 Å². The van der Waals surface area contributed by atoms with Crippen LogP contribution in [-0.4, -0.2) is 17.2 Å². The van der Waals surface area contributed by atoms with Crippen LogP contribution in [0.5, 0.6) is 0 Å². The lowest BCUT2D eigenvalue weighted by Gasteiger charge is -2.18. The van der Waals surface area contributed by atoms with Gasteiger partial charge in [0.25, 0.3) is 0 Å². The van der Waals surface area contributed by atoms with Crippen LogP contribution in [0, 0.1) is 0 Å². The third kappa shape index (κ3) is 8.09. The zero-order valence-corrected chi connectivity index (χ0v) is 40.3. The van der Waals surface area contributed by atoms with Gasteiger partial charge in [-0.05, 0) is 150 Å². The molecule has 0 amide bonds. The molecule has 0 aliphatic heterocycles. The van der Waals surface area contributed by atoms with Gasteiger partial charge in [-0.1, -0.05) is 236 Å². The number of fused-ring (bicyclic) bond motifs is 12. The standard InChI is InChI=1S/C36H22O.C24H15Br.C12H9BO3/c1-2-12-25-23(10-1)11-9-18-28(25)36-31-16-5-3-14-29(31)35(30-15-4-6-17-32(30)36)24-20-21-27-26-13-7-8-19-33(26)37-34(27)22-24;25-24-21-13-5-3-11-19(21)23(20-12-4-6-14-22(20)24)18-15-7-9-16-8-1-2-10-17(16)18;14-13(15)8-5-6-10-9-3-1-2-4-11(9)16-12(10)7-8/h1-22H;1-15H;1-7,14-15H/i1D,2D,3D,4D,5D,6D,7D,8D,9D,10D,11D,12D,13D,14D,15D,16D,17D,18D,19D,20D,21D,22D;1D,2D,3D,4D,5D,6D,7D,8D,9D,10D,11D,12D,13D,14D,15D;1D,2D,3D,4D,5D,6D,7D. The number of benzene rings is 14. The first-order chi connectivity index (χ1) is 56.8. The van der Waals surface area contributed by atoms with Gasteiger partial charge in [-0.2, -0.15) is 0 Å². The fourth-order valence-electron chi connectivity index (χ4n) is 8.82. The topological polar surface area (TPSA) is 66.7 Å². The lowest BCUT2D eigenvalue weighted by Crippen LogP contribution is -2.29. The summed E-state index contributed by atoms with van der Waals surface area (Å²) < 4.78 is 387. The van der Waals surface area contributed by atoms with E-state index in [1.807, 2.05) is 0 Å². The highest BCUT2D eigenvalue weighted by Gasteiger charge is 2.20. The van der Waals surface area contributed by atoms with Crippen molar-refractivity contribution >= 4 is 137 Å². The maximum atomic E-state index is 9.44. The molecule has 368 valence electrons. The van der Waals surface area contributed by atoms with Gasteiger partial charge in [-0.3, -0.25) is 0 Å². The van der Waals surface area contributed by atoms with Crippen LogP contribution < -0.4 is 5.46 Å². The quantitative estimate of drug-likeness (QED) is 0.136. The van der Waals surface area contributed by atoms with Crippen molar-refractivity contribution in [3.8, 4) is 33.4 Å². The Morgan fingerprint density at radius 2 is 0.628 bits per heavy atom. The highest BCUT2D eigenvalue weighted by atomic mass is 79.9. The van der Waals surface area contributed by atoms with Crippen molar-refractivity contribution in [3.63, 3.8) is 0 Å². The van der Waals surface area contributed by atoms with E-state index in [-0.39, 0.29) is 69.7 Å². The highest BCUT2D eigenvalue weighted by Crippen LogP contribution is 2.47. The number of hydrogen-bond acceptors (Lipinski definition) is 4. The van der Waals surface area contributed by atoms with Crippen molar-refractivity contribution in [2.75, 3.05) is 0 Å². The van der Waals surface area contributed by atoms with Gasteiger partial charge >= 0.3 is 7.12 Å². The van der Waals surface area contributed by atoms with Crippen molar-refractivity contribution in [1.29, 1.82) is 0 Å². The molecule has 0 aliphatic carbocycles. The molecular weight excluding hydrogens is 1020 g/mol. The van der Waals surface area contributed by atoms with Crippen molar-refractivity contribution in [2.45, 2.75) is 0 Å². The second-order valence-electron chi connectivity index (χ2n) is 16.4. The summed E-state index contributed by atoms with van der Waals surface area (Å²) in [5.74, 6) is 0. The molecule has 0 unspecified atom stereocenters. The van der Waals surface area contributed by atoms with Crippen LogP contribution >= 0.6 is 15.9 Å². The summed E-state index contributed by atoms with van der Waals surface area (Å²) in [6.45, 7) is 0. The second-order valence-corrected chi connectivity index (χ2v) is 17.2. The average molecular weight is 1110 g/mol. The maximum absolute atomic E-state index is 9.44. The molecule has 78 heavy (non-hydrogen) atoms. The SMILES string of the molecule is [2H]c1c([2H])c([2H])c2c(-c3c4c([2H])c([2H])c([2H])c([2H])c4c(Br)c4c([2H])c([2H])c([2H])c([2H])c34)c([2H])c([2H])c([2H])c2c1[2H].[2H]c1c([2H])c([2H])c2c(oc3c([2H])c(-c4c5c([2H])c([2H])c([2H])c([2H])c5c(-c5c([2H])c([2H])c([2H])c6c([2H])c([2H])c([2H])c([2H])c56)c5c([2H])c([2H])c([2H])c([2H])c45)c([2H])c([2H])c32)c1[2H].[2H]c1c([2H])c([2H])c2c(oc3c([2H])c(B(O)O)c([2H])c([2H])c32)c1[2H]. The van der Waals surface area contributed by atoms with Crippen LogP contribution in [-0.2, 0) is 0 Å². The molecule has 2 heterocycles. The zero-order valence-electron chi connectivity index (χ0n) is 82.7. The van der Waals surface area contributed by atoms with Gasteiger partial charge in [0.15, 0.2) is 0 Å². The lowest BCUT2D eigenvalue weighted by atomic mass is 9.80. The summed E-state index contributed by atoms with van der Waals surface area (Å²) in [6.07, 6.45) is 0. The highest BCUT2D eigenvalue weighted by molar-refractivity contribution is 9.10. The summed E-state index contributed by atoms with van der Waals surface area (Å²) in [5, 5.41) is 12.3. The van der Waals surface area contributed by atoms with Crippen LogP contribution in [0.25, 0.3) is 142 Å². The second kappa shape index (κ2) is 19.7. The van der Waals surface area contributed by atoms with E-state index >= 15 is 0 Å². The molecule has 0 saturated heterocycles. The minimum Gasteiger partial charge on any atom is -0.456 e. The van der Waals surface area contributed by atoms with Gasteiger partial charge in [-0.25, -0.2) is 0 Å². The normalized spacial score (nSPS) is 19.4. The fraction of sp³-hybridized carbons (Fsp3) is 0. The van der Waals surface area contributed by atoms with E-state index in [0.717, 1.165) is 0 Å². The number of furan rings is 2. The minimum atomic E-state index is -2.15. The van der Waals surface area contributed by atoms with E-state index in [1.165, 1.54) is 0 Å². The average Bonchev–Trinajstić information content (AvgIpc) is 0.925. The first kappa shape index (κ1) is 19.9. The van der Waals surface area contributed by atoms with E-state index in [0.29, 0.717) is 0 Å². The third-order valence-electron chi connectivity index (χ3n) is 12.1. The molecule has 4 nitrogen and oxygen atoms in total. The van der Waals surface area contributed by atoms with Crippen molar-refractivity contribution < 1.29 is 79.2 Å². The van der Waals surface area contributed by atoms with Crippen LogP contribution in [0.2, 0.25) is 0 Å². The first-order valence-electron chi connectivity index (χ1n) is 44.6. The predicted octanol–water partition coefficient (Wildman–Crippen LogP) is 19.2. The molecule has 0 aliphatic rings. The Morgan fingerprint density at radius 1 is 0.295 bits per heavy atom. The molecule has 0 saturated carbocycles. The molecule has 2 aromatic heterocycles. The molecule has 2 N–H and O–H groups in total. The molecule has 0 radical (unpaired) electrons. The van der Waals surface area contributed by atoms with E-state index in [1.54, 1.807) is 0 Å². The van der Waals surface area contributed by atoms with Crippen LogP contribution in [0.15, 0.2) is 279 Å². The first-order valence-corrected chi connectivity index (χ1v) is 23.4. The van der Waals surface area contributed by atoms with Crippen molar-refractivity contribution in [2.24, 2.45) is 0 Å². The van der Waals surface area contributed by atoms with Gasteiger partial charge < -0.3 is 18.9 Å². The fourth-order valence-corrected chi connectivity index (χ4v) is 9.41. The number of rotatable bonds is 4. The zero-order chi connectivity index (χ0) is 90.6. The Bertz CT molecular complexity index is 7500. The van der Waals surface area contributed by atoms with Crippen molar-refractivity contribution in [1.82, 2.24) is 0 Å². The Balaban J connectivity index is 0.000000165. The Morgan fingerprint density at radius 3 is 1.09 bits per heavy atom. The van der Waals surface area contributed by atoms with Crippen molar-refractivity contribution in [3.05, 3.63) is 270 Å². The van der Waals surface area contributed by atoms with E-state index in [2.05, 4.69) is 15.9 Å². The largest absolute Gasteiger partial charge is 0.488 e. The Hall–Kier alpha value is -9.30. The third-order valence-corrected chi connectivity index (χ3v) is 12.9. The Labute approximate surface area is 519 Å². The van der Waals surface area contributed by atoms with E-state index in [9.17, 15) is 18.3 Å². The summed E-state index contributed by atoms with van der Waals surface area (Å²) in [5.41, 5.74) is -5.34. The Kier molecular flexibility index (Phi) is 5.03. The number of para-hydroxylation sites is 2. The van der Waals surface area contributed by atoms with Gasteiger partial charge in [0.2, 0.25) is 0 Å². The van der Waals surface area contributed by atoms with E-state index < -0.39 is 355 Å². The molecule has 6 heteroatoms. The smallest absolute Gasteiger partial charge is 0.456 e. The maximum Gasteiger partial charge on any atom is 0.488 e. The van der Waals surface area contributed by atoms with Gasteiger partial charge in [0.1, 0.15) is 22.3 Å². The van der Waals surface area contributed by atoms with Gasteiger partial charge in [0, 0.05) is 26.0 Å². The van der Waals surface area contributed by atoms with Gasteiger partial charge in [-0.15, -0.1) is 0 Å². The number of halogens is 1. The molecule has 0 spiro atoms. The molecule has 0 fully saturated rings. The monoisotopic (exact) mass is 1110 g/mol. The molecule has 16 aromatic rings. The summed E-state index contributed by atoms with van der Waals surface area (Å²) in [7, 11) is -2.15. The molecule has 0 atom stereocenters.